The van der Waals surface area contributed by atoms with E-state index in [-0.39, 0.29) is 0 Å². The van der Waals surface area contributed by atoms with Crippen molar-refractivity contribution in [3.8, 4) is 0 Å². The van der Waals surface area contributed by atoms with Crippen LogP contribution in [0.2, 0.25) is 0 Å². The lowest BCUT2D eigenvalue weighted by molar-refractivity contribution is 0.145. The van der Waals surface area contributed by atoms with Crippen molar-refractivity contribution in [2.45, 2.75) is 53.1 Å². The lowest BCUT2D eigenvalue weighted by atomic mass is 9.91. The summed E-state index contributed by atoms with van der Waals surface area (Å²) in [6.45, 7) is 13.6. The van der Waals surface area contributed by atoms with E-state index in [1.807, 2.05) is 0 Å². The fraction of sp³-hybridized carbons (Fsp3) is 0.667. The Labute approximate surface area is 124 Å². The van der Waals surface area contributed by atoms with Crippen molar-refractivity contribution in [2.75, 3.05) is 19.6 Å². The van der Waals surface area contributed by atoms with Crippen LogP contribution < -0.4 is 5.32 Å². The normalized spacial score (nSPS) is 21.9. The smallest absolute Gasteiger partial charge is 0.0233 e. The Bertz CT molecular complexity index is 427. The summed E-state index contributed by atoms with van der Waals surface area (Å²) in [6.07, 6.45) is 2.71. The molecule has 1 saturated heterocycles. The molecule has 1 aromatic rings. The predicted octanol–water partition coefficient (Wildman–Crippen LogP) is 3.51. The number of benzene rings is 1. The van der Waals surface area contributed by atoms with Crippen molar-refractivity contribution >= 4 is 0 Å². The maximum absolute atomic E-state index is 3.59. The molecule has 2 nitrogen and oxygen atoms in total. The lowest BCUT2D eigenvalue weighted by Gasteiger charge is -2.36. The maximum Gasteiger partial charge on any atom is 0.0233 e. The van der Waals surface area contributed by atoms with E-state index in [0.29, 0.717) is 6.04 Å². The molecule has 0 bridgehead atoms. The molecule has 1 heterocycles. The third kappa shape index (κ3) is 4.07. The van der Waals surface area contributed by atoms with E-state index in [9.17, 15) is 0 Å². The molecule has 0 aliphatic carbocycles. The van der Waals surface area contributed by atoms with Gasteiger partial charge in [-0.1, -0.05) is 25.1 Å². The molecule has 1 aliphatic heterocycles. The first-order valence-corrected chi connectivity index (χ1v) is 8.12. The molecular weight excluding hydrogens is 244 g/mol. The van der Waals surface area contributed by atoms with Crippen molar-refractivity contribution in [3.63, 3.8) is 0 Å². The predicted molar refractivity (Wildman–Crippen MR) is 87.1 cm³/mol. The van der Waals surface area contributed by atoms with Gasteiger partial charge in [0.1, 0.15) is 0 Å². The maximum atomic E-state index is 3.59. The minimum atomic E-state index is 0.641. The molecule has 2 rings (SSSR count). The Morgan fingerprint density at radius 2 is 2.10 bits per heavy atom. The van der Waals surface area contributed by atoms with Gasteiger partial charge in [0.25, 0.3) is 0 Å². The molecule has 0 amide bonds. The van der Waals surface area contributed by atoms with Gasteiger partial charge in [0.05, 0.1) is 0 Å². The van der Waals surface area contributed by atoms with Crippen LogP contribution in [0.25, 0.3) is 0 Å². The van der Waals surface area contributed by atoms with Crippen LogP contribution in [-0.4, -0.2) is 30.6 Å². The number of piperidine rings is 1. The van der Waals surface area contributed by atoms with E-state index in [4.69, 9.17) is 0 Å². The van der Waals surface area contributed by atoms with E-state index < -0.39 is 0 Å². The Morgan fingerprint density at radius 1 is 1.30 bits per heavy atom. The molecule has 0 radical (unpaired) electrons. The summed E-state index contributed by atoms with van der Waals surface area (Å²) in [5.41, 5.74) is 4.27. The minimum Gasteiger partial charge on any atom is -0.314 e. The van der Waals surface area contributed by atoms with Crippen LogP contribution in [0.4, 0.5) is 0 Å². The molecule has 2 atom stereocenters. The Balaban J connectivity index is 1.93. The van der Waals surface area contributed by atoms with Gasteiger partial charge in [-0.05, 0) is 69.3 Å². The first-order chi connectivity index (χ1) is 9.60. The molecule has 2 heteroatoms. The molecule has 20 heavy (non-hydrogen) atoms. The van der Waals surface area contributed by atoms with E-state index in [1.54, 1.807) is 0 Å². The van der Waals surface area contributed by atoms with Gasteiger partial charge in [0, 0.05) is 19.1 Å². The van der Waals surface area contributed by atoms with Crippen molar-refractivity contribution in [1.29, 1.82) is 0 Å². The van der Waals surface area contributed by atoms with Crippen molar-refractivity contribution in [2.24, 2.45) is 5.92 Å². The van der Waals surface area contributed by atoms with Gasteiger partial charge in [-0.2, -0.15) is 0 Å². The second kappa shape index (κ2) is 7.24. The highest BCUT2D eigenvalue weighted by atomic mass is 15.1. The van der Waals surface area contributed by atoms with Crippen molar-refractivity contribution in [3.05, 3.63) is 34.9 Å². The zero-order valence-corrected chi connectivity index (χ0v) is 13.6. The quantitative estimate of drug-likeness (QED) is 0.884. The van der Waals surface area contributed by atoms with Crippen LogP contribution in [0, 0.1) is 19.8 Å². The summed E-state index contributed by atoms with van der Waals surface area (Å²) in [4.78, 5) is 2.63. The van der Waals surface area contributed by atoms with Crippen LogP contribution in [0.3, 0.4) is 0 Å². The molecule has 0 spiro atoms. The summed E-state index contributed by atoms with van der Waals surface area (Å²) in [7, 11) is 0. The van der Waals surface area contributed by atoms with Gasteiger partial charge in [0.15, 0.2) is 0 Å². The molecule has 1 N–H and O–H groups in total. The van der Waals surface area contributed by atoms with Gasteiger partial charge >= 0.3 is 0 Å². The average molecular weight is 274 g/mol. The number of nitrogens with one attached hydrogen (secondary N) is 1. The van der Waals surface area contributed by atoms with Crippen LogP contribution in [0.5, 0.6) is 0 Å². The van der Waals surface area contributed by atoms with Crippen LogP contribution >= 0.6 is 0 Å². The average Bonchev–Trinajstić information content (AvgIpc) is 2.43. The molecule has 1 fully saturated rings. The van der Waals surface area contributed by atoms with Crippen molar-refractivity contribution < 1.29 is 0 Å². The fourth-order valence-corrected chi connectivity index (χ4v) is 3.29. The van der Waals surface area contributed by atoms with Crippen LogP contribution in [0.1, 0.15) is 43.4 Å². The molecule has 1 aromatic carbocycles. The van der Waals surface area contributed by atoms with Gasteiger partial charge in [-0.3, -0.25) is 4.90 Å². The number of aryl methyl sites for hydroxylation is 2. The monoisotopic (exact) mass is 274 g/mol. The lowest BCUT2D eigenvalue weighted by Crippen LogP contribution is -2.44. The zero-order chi connectivity index (χ0) is 14.5. The Morgan fingerprint density at radius 3 is 2.80 bits per heavy atom. The highest BCUT2D eigenvalue weighted by Crippen LogP contribution is 2.22. The molecule has 0 aromatic heterocycles. The summed E-state index contributed by atoms with van der Waals surface area (Å²) in [5.74, 6) is 0.801. The molecule has 0 saturated carbocycles. The van der Waals surface area contributed by atoms with Gasteiger partial charge in [-0.15, -0.1) is 0 Å². The zero-order valence-electron chi connectivity index (χ0n) is 13.6. The summed E-state index contributed by atoms with van der Waals surface area (Å²) in [6, 6.07) is 7.54. The molecular formula is C18H30N2. The van der Waals surface area contributed by atoms with Crippen LogP contribution in [-0.2, 0) is 6.54 Å². The van der Waals surface area contributed by atoms with Crippen LogP contribution in [0.15, 0.2) is 18.2 Å². The highest BCUT2D eigenvalue weighted by molar-refractivity contribution is 5.29. The summed E-state index contributed by atoms with van der Waals surface area (Å²) >= 11 is 0. The number of rotatable bonds is 5. The standard InChI is InChI=1S/C18H30N2/c1-5-19-16(4)18-7-6-10-20(13-18)12-17-9-8-14(2)15(3)11-17/h8-9,11,16,18-19H,5-7,10,12-13H2,1-4H3. The topological polar surface area (TPSA) is 15.3 Å². The van der Waals surface area contributed by atoms with E-state index >= 15 is 0 Å². The Hall–Kier alpha value is -0.860. The van der Waals surface area contributed by atoms with Crippen molar-refractivity contribution in [1.82, 2.24) is 10.2 Å². The number of nitrogens with zero attached hydrogens (tertiary/aromatic N) is 1. The van der Waals surface area contributed by atoms with Gasteiger partial charge in [0.2, 0.25) is 0 Å². The SMILES string of the molecule is CCNC(C)C1CCCN(Cc2ccc(C)c(C)c2)C1. The second-order valence-corrected chi connectivity index (χ2v) is 6.40. The van der Waals surface area contributed by atoms with E-state index in [2.05, 4.69) is 56.1 Å². The first kappa shape index (κ1) is 15.5. The van der Waals surface area contributed by atoms with Gasteiger partial charge < -0.3 is 5.32 Å². The summed E-state index contributed by atoms with van der Waals surface area (Å²) < 4.78 is 0. The third-order valence-electron chi connectivity index (χ3n) is 4.75. The second-order valence-electron chi connectivity index (χ2n) is 6.40. The first-order valence-electron chi connectivity index (χ1n) is 8.12. The molecule has 112 valence electrons. The van der Waals surface area contributed by atoms with E-state index in [1.165, 1.54) is 42.6 Å². The number of hydrogen-bond acceptors (Lipinski definition) is 2. The largest absolute Gasteiger partial charge is 0.314 e. The Kier molecular flexibility index (Phi) is 5.62. The van der Waals surface area contributed by atoms with Gasteiger partial charge in [-0.25, -0.2) is 0 Å². The van der Waals surface area contributed by atoms with E-state index in [0.717, 1.165) is 19.0 Å². The number of likely N-dealkylation sites (tertiary alicyclic amines) is 1. The number of hydrogen-bond donors (Lipinski definition) is 1. The third-order valence-corrected chi connectivity index (χ3v) is 4.75. The fourth-order valence-electron chi connectivity index (χ4n) is 3.29. The minimum absolute atomic E-state index is 0.641. The molecule has 1 aliphatic rings. The highest BCUT2D eigenvalue weighted by Gasteiger charge is 2.24. The summed E-state index contributed by atoms with van der Waals surface area (Å²) in [5, 5.41) is 3.59. The molecule has 2 unspecified atom stereocenters.